The molecular formula is C40H76N2O18S. The Morgan fingerprint density at radius 3 is 1.38 bits per heavy atom. The van der Waals surface area contributed by atoms with Crippen LogP contribution in [0.3, 0.4) is 0 Å². The summed E-state index contributed by atoms with van der Waals surface area (Å²) in [6.07, 6.45) is -11.2. The fraction of sp³-hybridized carbons (Fsp3) is 1.00. The van der Waals surface area contributed by atoms with Crippen LogP contribution in [0.2, 0.25) is 0 Å². The molecule has 61 heavy (non-hydrogen) atoms. The van der Waals surface area contributed by atoms with Crippen LogP contribution in [0, 0.1) is 11.8 Å². The molecule has 4 aliphatic rings. The van der Waals surface area contributed by atoms with Gasteiger partial charge in [0.25, 0.3) is 0 Å². The van der Waals surface area contributed by atoms with E-state index in [-0.39, 0.29) is 42.9 Å². The van der Waals surface area contributed by atoms with Crippen LogP contribution in [0.5, 0.6) is 0 Å². The Labute approximate surface area is 366 Å². The summed E-state index contributed by atoms with van der Waals surface area (Å²) in [6.45, 7) is 3.00. The molecule has 0 spiro atoms. The van der Waals surface area contributed by atoms with Crippen molar-refractivity contribution in [1.29, 1.82) is 0 Å². The summed E-state index contributed by atoms with van der Waals surface area (Å²) in [4.78, 5) is 0. The van der Waals surface area contributed by atoms with Crippen LogP contribution < -0.4 is 11.1 Å². The molecule has 4 fully saturated rings. The highest BCUT2D eigenvalue weighted by Crippen LogP contribution is 2.42. The molecule has 20 nitrogen and oxygen atoms in total. The van der Waals surface area contributed by atoms with Crippen molar-refractivity contribution in [3.63, 3.8) is 0 Å². The van der Waals surface area contributed by atoms with Crippen LogP contribution in [0.1, 0.15) is 6.92 Å². The zero-order valence-electron chi connectivity index (χ0n) is 38.2. The molecule has 0 aromatic rings. The van der Waals surface area contributed by atoms with Crippen LogP contribution in [0.4, 0.5) is 0 Å². The highest BCUT2D eigenvalue weighted by atomic mass is 32.2. The molecule has 3 aliphatic heterocycles. The van der Waals surface area contributed by atoms with Gasteiger partial charge in [0.05, 0.1) is 44.2 Å². The van der Waals surface area contributed by atoms with Crippen molar-refractivity contribution in [2.45, 2.75) is 122 Å². The number of aliphatic hydroxyl groups excluding tert-OH is 1. The van der Waals surface area contributed by atoms with E-state index in [9.17, 15) is 5.11 Å². The summed E-state index contributed by atoms with van der Waals surface area (Å²) in [6, 6.07) is -0.728. The molecule has 0 bridgehead atoms. The Morgan fingerprint density at radius 1 is 0.492 bits per heavy atom. The SMILES string of the molecule is COCC1C(SCCN)[C@@H](N[C@H]2C(C)O[C@@H](O[C@H]3C(COC)O[C@@H](O[C@H]4C(COC)OC(OC)C(OC)[C@@H]4OC)C(OC)[C@@H]3OC)C(OC)[C@@H]2OC)C(OC)[C@H](OC)[C@H]1CO. The molecule has 10 unspecified atom stereocenters. The molecule has 360 valence electrons. The smallest absolute Gasteiger partial charge is 0.187 e. The van der Waals surface area contributed by atoms with Gasteiger partial charge in [-0.2, -0.15) is 11.8 Å². The normalized spacial score (nSPS) is 43.4. The molecule has 0 aromatic heterocycles. The first-order valence-electron chi connectivity index (χ1n) is 20.8. The molecule has 21 heteroatoms. The van der Waals surface area contributed by atoms with Crippen molar-refractivity contribution in [1.82, 2.24) is 5.32 Å². The minimum absolute atomic E-state index is 0.0830. The van der Waals surface area contributed by atoms with Gasteiger partial charge >= 0.3 is 0 Å². The van der Waals surface area contributed by atoms with Crippen molar-refractivity contribution in [2.75, 3.05) is 124 Å². The quantitative estimate of drug-likeness (QED) is 0.103. The average molecular weight is 905 g/mol. The van der Waals surface area contributed by atoms with Gasteiger partial charge in [0, 0.05) is 127 Å². The van der Waals surface area contributed by atoms with E-state index in [1.165, 1.54) is 7.11 Å². The predicted molar refractivity (Wildman–Crippen MR) is 220 cm³/mol. The zero-order chi connectivity index (χ0) is 44.8. The molecule has 1 saturated carbocycles. The van der Waals surface area contributed by atoms with Crippen LogP contribution in [0.15, 0.2) is 0 Å². The van der Waals surface area contributed by atoms with Gasteiger partial charge < -0.3 is 96.7 Å². The predicted octanol–water partition coefficient (Wildman–Crippen LogP) is -0.717. The Kier molecular flexibility index (Phi) is 23.2. The van der Waals surface area contributed by atoms with E-state index in [1.54, 1.807) is 90.0 Å². The number of hydrogen-bond acceptors (Lipinski definition) is 21. The van der Waals surface area contributed by atoms with E-state index in [0.717, 1.165) is 0 Å². The van der Waals surface area contributed by atoms with E-state index in [1.807, 2.05) is 6.92 Å². The molecule has 3 saturated heterocycles. The highest BCUT2D eigenvalue weighted by molar-refractivity contribution is 8.00. The van der Waals surface area contributed by atoms with Crippen molar-refractivity contribution in [3.05, 3.63) is 0 Å². The summed E-state index contributed by atoms with van der Waals surface area (Å²) < 4.78 is 104. The second kappa shape index (κ2) is 26.6. The summed E-state index contributed by atoms with van der Waals surface area (Å²) >= 11 is 1.71. The lowest BCUT2D eigenvalue weighted by molar-refractivity contribution is -0.381. The average Bonchev–Trinajstić information content (AvgIpc) is 3.27. The van der Waals surface area contributed by atoms with Crippen molar-refractivity contribution in [3.8, 4) is 0 Å². The number of methoxy groups -OCH3 is 12. The summed E-state index contributed by atoms with van der Waals surface area (Å²) in [5.74, 6) is 0.356. The number of thioether (sulfide) groups is 1. The van der Waals surface area contributed by atoms with Crippen LogP contribution in [0.25, 0.3) is 0 Å². The van der Waals surface area contributed by atoms with Gasteiger partial charge in [0.1, 0.15) is 61.0 Å². The molecule has 0 amide bonds. The molecular weight excluding hydrogens is 829 g/mol. The monoisotopic (exact) mass is 904 g/mol. The molecule has 3 heterocycles. The topological polar surface area (TPSA) is 215 Å². The fourth-order valence-electron chi connectivity index (χ4n) is 9.66. The van der Waals surface area contributed by atoms with Crippen LogP contribution in [-0.4, -0.2) is 245 Å². The number of hydrogen-bond donors (Lipinski definition) is 3. The van der Waals surface area contributed by atoms with Crippen LogP contribution in [-0.2, 0) is 80.5 Å². The number of aliphatic hydroxyl groups is 1. The van der Waals surface area contributed by atoms with Crippen molar-refractivity contribution >= 4 is 11.8 Å². The Balaban J connectivity index is 1.63. The van der Waals surface area contributed by atoms with Crippen molar-refractivity contribution < 1.29 is 85.6 Å². The second-order valence-electron chi connectivity index (χ2n) is 15.6. The molecule has 0 radical (unpaired) electrons. The number of ether oxygens (including phenoxy) is 17. The molecule has 4 rings (SSSR count). The number of nitrogens with one attached hydrogen (secondary N) is 1. The van der Waals surface area contributed by atoms with E-state index in [2.05, 4.69) is 5.32 Å². The Bertz CT molecular complexity index is 1210. The van der Waals surface area contributed by atoms with Crippen LogP contribution >= 0.6 is 11.8 Å². The highest BCUT2D eigenvalue weighted by Gasteiger charge is 2.57. The Morgan fingerprint density at radius 2 is 0.934 bits per heavy atom. The minimum atomic E-state index is -1.01. The van der Waals surface area contributed by atoms with Gasteiger partial charge in [-0.3, -0.25) is 0 Å². The van der Waals surface area contributed by atoms with Gasteiger partial charge in [0.2, 0.25) is 0 Å². The van der Waals surface area contributed by atoms with Gasteiger partial charge in [0.15, 0.2) is 18.9 Å². The summed E-state index contributed by atoms with van der Waals surface area (Å²) in [5.41, 5.74) is 6.03. The first-order chi connectivity index (χ1) is 29.6. The first-order valence-corrected chi connectivity index (χ1v) is 21.8. The third kappa shape index (κ3) is 11.9. The van der Waals surface area contributed by atoms with E-state index >= 15 is 0 Å². The Hall–Kier alpha value is -0.450. The first kappa shape index (κ1) is 53.2. The lowest BCUT2D eigenvalue weighted by atomic mass is 9.72. The summed E-state index contributed by atoms with van der Waals surface area (Å²) in [7, 11) is 19.1. The largest absolute Gasteiger partial charge is 0.396 e. The van der Waals surface area contributed by atoms with E-state index in [4.69, 9.17) is 86.3 Å². The standard InChI is InChI=1S/C40H76N2O18S/c1-20-25(42-26-31(49-7)27(47-5)21(16-43)22(17-44-2)37(26)61-15-14-41)30(48-6)34(52-10)39(56-20)59-29-24(19-46-4)58-40(36(54-12)33(29)51-9)60-28-23(18-45-3)57-38(55-13)35(53-11)32(28)50-8/h20-40,42-43H,14-19,41H2,1-13H3/t20?,21-,22?,23?,24?,25-,26-,27+,28-,29-,30+,31?,32+,33+,34?,35?,36?,37?,38?,39-,40-/m0/s1. The second-order valence-corrected chi connectivity index (χ2v) is 16.8. The third-order valence-corrected chi connectivity index (χ3v) is 13.9. The molecule has 1 aliphatic carbocycles. The van der Waals surface area contributed by atoms with Gasteiger partial charge in [-0.15, -0.1) is 0 Å². The van der Waals surface area contributed by atoms with E-state index < -0.39 is 104 Å². The number of nitrogens with two attached hydrogens (primary N) is 1. The molecule has 4 N–H and O–H groups in total. The fourth-order valence-corrected chi connectivity index (χ4v) is 11.0. The zero-order valence-corrected chi connectivity index (χ0v) is 39.1. The molecule has 21 atom stereocenters. The maximum absolute atomic E-state index is 10.6. The minimum Gasteiger partial charge on any atom is -0.396 e. The third-order valence-electron chi connectivity index (χ3n) is 12.4. The molecule has 0 aromatic carbocycles. The van der Waals surface area contributed by atoms with E-state index in [0.29, 0.717) is 18.9 Å². The van der Waals surface area contributed by atoms with Gasteiger partial charge in [-0.1, -0.05) is 0 Å². The van der Waals surface area contributed by atoms with Gasteiger partial charge in [-0.05, 0) is 6.92 Å². The summed E-state index contributed by atoms with van der Waals surface area (Å²) in [5, 5.41) is 14.4. The maximum atomic E-state index is 10.6. The number of rotatable bonds is 25. The lowest BCUT2D eigenvalue weighted by Crippen LogP contribution is -2.72. The maximum Gasteiger partial charge on any atom is 0.187 e. The van der Waals surface area contributed by atoms with Gasteiger partial charge in [-0.25, -0.2) is 0 Å². The lowest BCUT2D eigenvalue weighted by Gasteiger charge is -2.53. The van der Waals surface area contributed by atoms with Crippen molar-refractivity contribution in [2.24, 2.45) is 17.6 Å².